The predicted octanol–water partition coefficient (Wildman–Crippen LogP) is 0.282. The van der Waals surface area contributed by atoms with Crippen LogP contribution in [0.15, 0.2) is 23.0 Å². The molecule has 1 aromatic rings. The summed E-state index contributed by atoms with van der Waals surface area (Å²) in [5.74, 6) is -1.39. The van der Waals surface area contributed by atoms with E-state index in [1.54, 1.807) is 6.92 Å². The van der Waals surface area contributed by atoms with Gasteiger partial charge in [-0.05, 0) is 13.0 Å². The third-order valence-corrected chi connectivity index (χ3v) is 1.68. The SMILES string of the molecule is CCNC(=O)NC(=O)COC(=O)c1ccoc1. The molecule has 0 saturated heterocycles. The van der Waals surface area contributed by atoms with E-state index in [0.717, 1.165) is 0 Å². The normalized spacial score (nSPS) is 9.47. The first kappa shape index (κ1) is 12.8. The molecule has 1 aromatic heterocycles. The highest BCUT2D eigenvalue weighted by molar-refractivity contribution is 5.96. The summed E-state index contributed by atoms with van der Waals surface area (Å²) in [7, 11) is 0. The van der Waals surface area contributed by atoms with Crippen LogP contribution in [-0.2, 0) is 9.53 Å². The number of carbonyl (C=O) groups excluding carboxylic acids is 3. The average molecular weight is 240 g/mol. The molecule has 92 valence electrons. The van der Waals surface area contributed by atoms with Crippen LogP contribution >= 0.6 is 0 Å². The number of urea groups is 1. The number of hydrogen-bond donors (Lipinski definition) is 2. The van der Waals surface area contributed by atoms with E-state index in [4.69, 9.17) is 0 Å². The maximum atomic E-state index is 11.3. The van der Waals surface area contributed by atoms with Crippen LogP contribution in [0.3, 0.4) is 0 Å². The summed E-state index contributed by atoms with van der Waals surface area (Å²) in [5.41, 5.74) is 0.204. The fourth-order valence-corrected chi connectivity index (χ4v) is 0.963. The van der Waals surface area contributed by atoms with Crippen LogP contribution in [0.5, 0.6) is 0 Å². The Labute approximate surface area is 97.1 Å². The van der Waals surface area contributed by atoms with Crippen molar-refractivity contribution in [2.45, 2.75) is 6.92 Å². The molecule has 0 bridgehead atoms. The molecule has 1 heterocycles. The van der Waals surface area contributed by atoms with Gasteiger partial charge < -0.3 is 14.5 Å². The number of esters is 1. The maximum absolute atomic E-state index is 11.3. The van der Waals surface area contributed by atoms with Gasteiger partial charge in [-0.25, -0.2) is 9.59 Å². The minimum Gasteiger partial charge on any atom is -0.472 e. The van der Waals surface area contributed by atoms with Gasteiger partial charge in [0.25, 0.3) is 5.91 Å². The van der Waals surface area contributed by atoms with Crippen LogP contribution in [-0.4, -0.2) is 31.1 Å². The summed E-state index contributed by atoms with van der Waals surface area (Å²) in [6, 6.07) is 0.779. The first-order chi connectivity index (χ1) is 8.13. The Morgan fingerprint density at radius 2 is 2.18 bits per heavy atom. The minimum atomic E-state index is -0.701. The Morgan fingerprint density at radius 1 is 1.41 bits per heavy atom. The first-order valence-corrected chi connectivity index (χ1v) is 4.90. The standard InChI is InChI=1S/C10H12N2O5/c1-2-11-10(15)12-8(13)6-17-9(14)7-3-4-16-5-7/h3-5H,2,6H2,1H3,(H2,11,12,13,15). The van der Waals surface area contributed by atoms with Crippen molar-refractivity contribution >= 4 is 17.9 Å². The van der Waals surface area contributed by atoms with Gasteiger partial charge in [0.2, 0.25) is 0 Å². The van der Waals surface area contributed by atoms with Gasteiger partial charge in [-0.1, -0.05) is 0 Å². The van der Waals surface area contributed by atoms with Crippen molar-refractivity contribution in [3.8, 4) is 0 Å². The molecule has 0 aliphatic heterocycles. The predicted molar refractivity (Wildman–Crippen MR) is 56.2 cm³/mol. The minimum absolute atomic E-state index is 0.204. The van der Waals surface area contributed by atoms with Crippen LogP contribution in [0.4, 0.5) is 4.79 Å². The molecule has 0 atom stereocenters. The van der Waals surface area contributed by atoms with Crippen LogP contribution in [0.1, 0.15) is 17.3 Å². The van der Waals surface area contributed by atoms with Crippen molar-refractivity contribution in [3.05, 3.63) is 24.2 Å². The third-order valence-electron chi connectivity index (χ3n) is 1.68. The molecule has 0 radical (unpaired) electrons. The molecule has 1 rings (SSSR count). The number of imide groups is 1. The zero-order valence-electron chi connectivity index (χ0n) is 9.19. The molecule has 0 saturated carbocycles. The van der Waals surface area contributed by atoms with Gasteiger partial charge in [-0.3, -0.25) is 10.1 Å². The molecule has 0 aromatic carbocycles. The Kier molecular flexibility index (Phi) is 4.74. The van der Waals surface area contributed by atoms with Crippen LogP contribution in [0, 0.1) is 0 Å². The molecule has 0 aliphatic rings. The highest BCUT2D eigenvalue weighted by Gasteiger charge is 2.12. The smallest absolute Gasteiger partial charge is 0.341 e. The van der Waals surface area contributed by atoms with E-state index in [1.165, 1.54) is 18.6 Å². The highest BCUT2D eigenvalue weighted by Crippen LogP contribution is 2.01. The highest BCUT2D eigenvalue weighted by atomic mass is 16.5. The Balaban J connectivity index is 2.29. The summed E-state index contributed by atoms with van der Waals surface area (Å²) < 4.78 is 9.31. The van der Waals surface area contributed by atoms with E-state index in [2.05, 4.69) is 14.5 Å². The van der Waals surface area contributed by atoms with Gasteiger partial charge in [-0.15, -0.1) is 0 Å². The van der Waals surface area contributed by atoms with E-state index in [9.17, 15) is 14.4 Å². The molecule has 0 unspecified atom stereocenters. The zero-order valence-corrected chi connectivity index (χ0v) is 9.19. The molecule has 2 N–H and O–H groups in total. The molecule has 0 spiro atoms. The van der Waals surface area contributed by atoms with Crippen molar-refractivity contribution in [1.82, 2.24) is 10.6 Å². The molecule has 7 heteroatoms. The summed E-state index contributed by atoms with van der Waals surface area (Å²) in [5, 5.41) is 4.36. The van der Waals surface area contributed by atoms with Crippen LogP contribution in [0.2, 0.25) is 0 Å². The largest absolute Gasteiger partial charge is 0.472 e. The van der Waals surface area contributed by atoms with Crippen molar-refractivity contribution < 1.29 is 23.5 Å². The molecular weight excluding hydrogens is 228 g/mol. The third kappa shape index (κ3) is 4.37. The molecule has 0 aliphatic carbocycles. The summed E-state index contributed by atoms with van der Waals surface area (Å²) in [6.45, 7) is 1.58. The molecule has 0 fully saturated rings. The number of rotatable bonds is 4. The average Bonchev–Trinajstić information content (AvgIpc) is 2.79. The Morgan fingerprint density at radius 3 is 2.76 bits per heavy atom. The van der Waals surface area contributed by atoms with Crippen molar-refractivity contribution in [1.29, 1.82) is 0 Å². The molecule has 17 heavy (non-hydrogen) atoms. The number of ether oxygens (including phenoxy) is 1. The number of carbonyl (C=O) groups is 3. The lowest BCUT2D eigenvalue weighted by Gasteiger charge is -2.04. The summed E-state index contributed by atoms with van der Waals surface area (Å²) in [6.07, 6.45) is 2.51. The zero-order chi connectivity index (χ0) is 12.7. The Hall–Kier alpha value is -2.31. The second-order valence-electron chi connectivity index (χ2n) is 3.00. The Bertz CT molecular complexity index is 399. The lowest BCUT2D eigenvalue weighted by Crippen LogP contribution is -2.41. The first-order valence-electron chi connectivity index (χ1n) is 4.90. The van der Waals surface area contributed by atoms with Gasteiger partial charge in [0.15, 0.2) is 6.61 Å². The van der Waals surface area contributed by atoms with E-state index < -0.39 is 24.5 Å². The number of amides is 3. The molecular formula is C10H12N2O5. The van der Waals surface area contributed by atoms with Crippen LogP contribution in [0.25, 0.3) is 0 Å². The lowest BCUT2D eigenvalue weighted by molar-refractivity contribution is -0.123. The monoisotopic (exact) mass is 240 g/mol. The van der Waals surface area contributed by atoms with Crippen molar-refractivity contribution in [3.63, 3.8) is 0 Å². The van der Waals surface area contributed by atoms with E-state index in [-0.39, 0.29) is 5.56 Å². The molecule has 7 nitrogen and oxygen atoms in total. The van der Waals surface area contributed by atoms with Gasteiger partial charge in [0, 0.05) is 6.54 Å². The second kappa shape index (κ2) is 6.31. The van der Waals surface area contributed by atoms with Gasteiger partial charge in [0.1, 0.15) is 6.26 Å². The number of nitrogens with one attached hydrogen (secondary N) is 2. The van der Waals surface area contributed by atoms with E-state index in [1.807, 2.05) is 5.32 Å². The number of furan rings is 1. The van der Waals surface area contributed by atoms with Crippen LogP contribution < -0.4 is 10.6 Å². The van der Waals surface area contributed by atoms with E-state index in [0.29, 0.717) is 6.54 Å². The van der Waals surface area contributed by atoms with Gasteiger partial charge >= 0.3 is 12.0 Å². The van der Waals surface area contributed by atoms with Crippen molar-refractivity contribution in [2.24, 2.45) is 0 Å². The lowest BCUT2D eigenvalue weighted by atomic mass is 10.3. The summed E-state index contributed by atoms with van der Waals surface area (Å²) >= 11 is 0. The summed E-state index contributed by atoms with van der Waals surface area (Å²) in [4.78, 5) is 33.3. The van der Waals surface area contributed by atoms with Gasteiger partial charge in [-0.2, -0.15) is 0 Å². The second-order valence-corrected chi connectivity index (χ2v) is 3.00. The van der Waals surface area contributed by atoms with E-state index >= 15 is 0 Å². The fourth-order valence-electron chi connectivity index (χ4n) is 0.963. The maximum Gasteiger partial charge on any atom is 0.341 e. The van der Waals surface area contributed by atoms with Gasteiger partial charge in [0.05, 0.1) is 11.8 Å². The number of hydrogen-bond acceptors (Lipinski definition) is 5. The fraction of sp³-hybridized carbons (Fsp3) is 0.300. The molecule has 3 amide bonds. The van der Waals surface area contributed by atoms with Crippen molar-refractivity contribution in [2.75, 3.05) is 13.2 Å². The quantitative estimate of drug-likeness (QED) is 0.737. The topological polar surface area (TPSA) is 97.6 Å².